The van der Waals surface area contributed by atoms with Gasteiger partial charge in [0, 0.05) is 23.2 Å². The Kier molecular flexibility index (Phi) is 4.73. The van der Waals surface area contributed by atoms with Crippen molar-refractivity contribution in [2.45, 2.75) is 26.4 Å². The van der Waals surface area contributed by atoms with E-state index in [4.69, 9.17) is 11.6 Å². The summed E-state index contributed by atoms with van der Waals surface area (Å²) in [7, 11) is 0. The first-order chi connectivity index (χ1) is 9.45. The van der Waals surface area contributed by atoms with E-state index >= 15 is 0 Å². The van der Waals surface area contributed by atoms with Crippen LogP contribution >= 0.6 is 11.6 Å². The molecule has 106 valence electrons. The molecule has 0 heterocycles. The molecular formula is C16H16ClF2N. The number of rotatable bonds is 4. The molecule has 0 fully saturated rings. The molecule has 0 saturated carbocycles. The monoisotopic (exact) mass is 295 g/mol. The number of halogens is 3. The van der Waals surface area contributed by atoms with Crippen molar-refractivity contribution < 1.29 is 8.78 Å². The van der Waals surface area contributed by atoms with Gasteiger partial charge in [0.1, 0.15) is 11.6 Å². The Morgan fingerprint density at radius 1 is 1.10 bits per heavy atom. The molecule has 4 heteroatoms. The predicted molar refractivity (Wildman–Crippen MR) is 78.8 cm³/mol. The maximum absolute atomic E-state index is 14.1. The lowest BCUT2D eigenvalue weighted by Crippen LogP contribution is -2.21. The summed E-state index contributed by atoms with van der Waals surface area (Å²) in [5.74, 6) is -0.854. The van der Waals surface area contributed by atoms with E-state index in [2.05, 4.69) is 5.32 Å². The average molecular weight is 296 g/mol. The van der Waals surface area contributed by atoms with E-state index < -0.39 is 5.82 Å². The third-order valence-corrected chi connectivity index (χ3v) is 3.14. The highest BCUT2D eigenvalue weighted by molar-refractivity contribution is 6.30. The molecule has 0 aliphatic rings. The van der Waals surface area contributed by atoms with Gasteiger partial charge in [0.15, 0.2) is 0 Å². The first-order valence-corrected chi connectivity index (χ1v) is 6.82. The van der Waals surface area contributed by atoms with Gasteiger partial charge in [-0.05, 0) is 35.4 Å². The molecule has 2 aromatic carbocycles. The van der Waals surface area contributed by atoms with E-state index in [-0.39, 0.29) is 10.8 Å². The van der Waals surface area contributed by atoms with Crippen LogP contribution in [0.15, 0.2) is 36.4 Å². The smallest absolute Gasteiger partial charge is 0.131 e. The summed E-state index contributed by atoms with van der Waals surface area (Å²) >= 11 is 5.80. The van der Waals surface area contributed by atoms with Crippen LogP contribution in [0.3, 0.4) is 0 Å². The summed E-state index contributed by atoms with van der Waals surface area (Å²) < 4.78 is 27.4. The van der Waals surface area contributed by atoms with E-state index in [0.717, 1.165) is 5.56 Å². The lowest BCUT2D eigenvalue weighted by molar-refractivity contribution is 0.582. The van der Waals surface area contributed by atoms with Gasteiger partial charge in [-0.15, -0.1) is 0 Å². The highest BCUT2D eigenvalue weighted by Gasteiger charge is 2.09. The standard InChI is InChI=1S/C16H16ClF2N/c1-10(2)20-9-11-3-4-15(16(19)5-11)12-6-13(17)8-14(18)7-12/h3-8,10,20H,9H2,1-2H3. The predicted octanol–water partition coefficient (Wildman–Crippen LogP) is 4.78. The Hall–Kier alpha value is -1.45. The summed E-state index contributed by atoms with van der Waals surface area (Å²) in [6.45, 7) is 4.65. The molecule has 0 unspecified atom stereocenters. The maximum Gasteiger partial charge on any atom is 0.131 e. The second kappa shape index (κ2) is 6.33. The zero-order valence-corrected chi connectivity index (χ0v) is 12.1. The van der Waals surface area contributed by atoms with Crippen molar-refractivity contribution in [1.82, 2.24) is 5.32 Å². The Morgan fingerprint density at radius 2 is 1.85 bits per heavy atom. The van der Waals surface area contributed by atoms with E-state index in [1.54, 1.807) is 12.1 Å². The SMILES string of the molecule is CC(C)NCc1ccc(-c2cc(F)cc(Cl)c2)c(F)c1. The first-order valence-electron chi connectivity index (χ1n) is 6.44. The van der Waals surface area contributed by atoms with E-state index in [1.165, 1.54) is 18.2 Å². The normalized spacial score (nSPS) is 11.1. The highest BCUT2D eigenvalue weighted by Crippen LogP contribution is 2.27. The van der Waals surface area contributed by atoms with Gasteiger partial charge in [0.25, 0.3) is 0 Å². The second-order valence-electron chi connectivity index (χ2n) is 5.01. The third kappa shape index (κ3) is 3.78. The van der Waals surface area contributed by atoms with E-state index in [1.807, 2.05) is 19.9 Å². The van der Waals surface area contributed by atoms with Crippen LogP contribution in [-0.4, -0.2) is 6.04 Å². The molecule has 0 aromatic heterocycles. The van der Waals surface area contributed by atoms with Crippen LogP contribution in [0.5, 0.6) is 0 Å². The molecule has 0 aliphatic carbocycles. The highest BCUT2D eigenvalue weighted by atomic mass is 35.5. The average Bonchev–Trinajstić information content (AvgIpc) is 2.35. The Balaban J connectivity index is 2.29. The molecule has 0 bridgehead atoms. The van der Waals surface area contributed by atoms with Crippen LogP contribution in [0.1, 0.15) is 19.4 Å². The molecule has 0 atom stereocenters. The van der Waals surface area contributed by atoms with Crippen molar-refractivity contribution >= 4 is 11.6 Å². The molecule has 0 amide bonds. The van der Waals surface area contributed by atoms with Crippen molar-refractivity contribution in [3.8, 4) is 11.1 Å². The van der Waals surface area contributed by atoms with Gasteiger partial charge in [-0.1, -0.05) is 37.6 Å². The Morgan fingerprint density at radius 3 is 2.45 bits per heavy atom. The fourth-order valence-corrected chi connectivity index (χ4v) is 2.16. The fraction of sp³-hybridized carbons (Fsp3) is 0.250. The molecule has 0 radical (unpaired) electrons. The van der Waals surface area contributed by atoms with Crippen molar-refractivity contribution in [3.05, 3.63) is 58.6 Å². The molecule has 20 heavy (non-hydrogen) atoms. The summed E-state index contributed by atoms with van der Waals surface area (Å²) in [6.07, 6.45) is 0. The minimum atomic E-state index is -0.475. The van der Waals surface area contributed by atoms with Crippen molar-refractivity contribution in [2.75, 3.05) is 0 Å². The molecule has 0 spiro atoms. The number of benzene rings is 2. The van der Waals surface area contributed by atoms with Gasteiger partial charge >= 0.3 is 0 Å². The number of hydrogen-bond acceptors (Lipinski definition) is 1. The topological polar surface area (TPSA) is 12.0 Å². The van der Waals surface area contributed by atoms with Crippen molar-refractivity contribution in [2.24, 2.45) is 0 Å². The van der Waals surface area contributed by atoms with Crippen molar-refractivity contribution in [3.63, 3.8) is 0 Å². The molecule has 2 rings (SSSR count). The molecule has 0 aliphatic heterocycles. The molecular weight excluding hydrogens is 280 g/mol. The molecule has 0 saturated heterocycles. The van der Waals surface area contributed by atoms with E-state index in [9.17, 15) is 8.78 Å². The van der Waals surface area contributed by atoms with Crippen LogP contribution < -0.4 is 5.32 Å². The lowest BCUT2D eigenvalue weighted by atomic mass is 10.0. The van der Waals surface area contributed by atoms with Gasteiger partial charge < -0.3 is 5.32 Å². The largest absolute Gasteiger partial charge is 0.310 e. The van der Waals surface area contributed by atoms with E-state index in [0.29, 0.717) is 23.7 Å². The first kappa shape index (κ1) is 14.9. The van der Waals surface area contributed by atoms with Crippen LogP contribution in [0.2, 0.25) is 5.02 Å². The third-order valence-electron chi connectivity index (χ3n) is 2.92. The number of hydrogen-bond donors (Lipinski definition) is 1. The van der Waals surface area contributed by atoms with Gasteiger partial charge in [-0.25, -0.2) is 8.78 Å². The summed E-state index contributed by atoms with van der Waals surface area (Å²) in [5.41, 5.74) is 1.64. The second-order valence-corrected chi connectivity index (χ2v) is 5.44. The van der Waals surface area contributed by atoms with Gasteiger partial charge in [0.05, 0.1) is 0 Å². The quantitative estimate of drug-likeness (QED) is 0.855. The van der Waals surface area contributed by atoms with Crippen LogP contribution in [0.25, 0.3) is 11.1 Å². The summed E-state index contributed by atoms with van der Waals surface area (Å²) in [5, 5.41) is 3.47. The van der Waals surface area contributed by atoms with Gasteiger partial charge in [-0.3, -0.25) is 0 Å². The molecule has 1 nitrogen and oxygen atoms in total. The van der Waals surface area contributed by atoms with Gasteiger partial charge in [0.2, 0.25) is 0 Å². The maximum atomic E-state index is 14.1. The minimum Gasteiger partial charge on any atom is -0.310 e. The lowest BCUT2D eigenvalue weighted by Gasteiger charge is -2.10. The van der Waals surface area contributed by atoms with Crippen molar-refractivity contribution in [1.29, 1.82) is 0 Å². The summed E-state index contributed by atoms with van der Waals surface area (Å²) in [4.78, 5) is 0. The fourth-order valence-electron chi connectivity index (χ4n) is 1.93. The van der Waals surface area contributed by atoms with Crippen LogP contribution in [0.4, 0.5) is 8.78 Å². The minimum absolute atomic E-state index is 0.255. The molecule has 2 aromatic rings. The zero-order valence-electron chi connectivity index (χ0n) is 11.4. The zero-order chi connectivity index (χ0) is 14.7. The Labute approximate surface area is 122 Å². The van der Waals surface area contributed by atoms with Gasteiger partial charge in [-0.2, -0.15) is 0 Å². The molecule has 1 N–H and O–H groups in total. The summed E-state index contributed by atoms with van der Waals surface area (Å²) in [6, 6.07) is 9.29. The Bertz CT molecular complexity index is 591. The van der Waals surface area contributed by atoms with Crippen LogP contribution in [-0.2, 0) is 6.54 Å². The van der Waals surface area contributed by atoms with Crippen LogP contribution in [0, 0.1) is 11.6 Å². The number of nitrogens with one attached hydrogen (secondary N) is 1.